The molecule has 0 saturated heterocycles. The molecule has 0 fully saturated rings. The number of nitrogens with zero attached hydrogens (tertiary/aromatic N) is 1. The van der Waals surface area contributed by atoms with E-state index in [0.29, 0.717) is 6.42 Å². The first-order valence-electron chi connectivity index (χ1n) is 4.89. The summed E-state index contributed by atoms with van der Waals surface area (Å²) in [7, 11) is 0. The Balaban J connectivity index is 3.49. The van der Waals surface area contributed by atoms with E-state index < -0.39 is 12.1 Å². The smallest absolute Gasteiger partial charge is 0.212 e. The molecule has 0 heterocycles. The van der Waals surface area contributed by atoms with Crippen molar-refractivity contribution in [1.29, 1.82) is 0 Å². The Bertz CT molecular complexity index is 150. The SMILES string of the molecule is CCCCCC(O)CC(C)[N+](=O)[O-]. The highest BCUT2D eigenvalue weighted by molar-refractivity contribution is 4.60. The Morgan fingerprint density at radius 1 is 1.46 bits per heavy atom. The standard InChI is InChI=1S/C9H19NO3/c1-3-4-5-6-9(11)7-8(2)10(12)13/h8-9,11H,3-7H2,1-2H3. The first-order chi connectivity index (χ1) is 6.07. The van der Waals surface area contributed by atoms with Crippen molar-refractivity contribution in [2.45, 2.75) is 58.1 Å². The maximum atomic E-state index is 10.3. The van der Waals surface area contributed by atoms with Crippen LogP contribution in [0.15, 0.2) is 0 Å². The molecule has 0 bridgehead atoms. The van der Waals surface area contributed by atoms with Crippen molar-refractivity contribution in [3.05, 3.63) is 10.1 Å². The Kier molecular flexibility index (Phi) is 6.49. The Hall–Kier alpha value is -0.640. The summed E-state index contributed by atoms with van der Waals surface area (Å²) >= 11 is 0. The first-order valence-corrected chi connectivity index (χ1v) is 4.89. The molecule has 0 rings (SSSR count). The second kappa shape index (κ2) is 6.83. The number of hydrogen-bond donors (Lipinski definition) is 1. The third kappa shape index (κ3) is 6.51. The molecule has 78 valence electrons. The molecule has 0 aromatic carbocycles. The van der Waals surface area contributed by atoms with E-state index in [1.807, 2.05) is 0 Å². The topological polar surface area (TPSA) is 63.4 Å². The highest BCUT2D eigenvalue weighted by Gasteiger charge is 2.17. The summed E-state index contributed by atoms with van der Waals surface area (Å²) in [6.07, 6.45) is 3.61. The highest BCUT2D eigenvalue weighted by Crippen LogP contribution is 2.09. The molecular weight excluding hydrogens is 170 g/mol. The summed E-state index contributed by atoms with van der Waals surface area (Å²) in [6, 6.07) is -0.628. The summed E-state index contributed by atoms with van der Waals surface area (Å²) in [6.45, 7) is 3.62. The maximum Gasteiger partial charge on any atom is 0.212 e. The van der Waals surface area contributed by atoms with Gasteiger partial charge < -0.3 is 5.11 Å². The largest absolute Gasteiger partial charge is 0.393 e. The third-order valence-electron chi connectivity index (χ3n) is 2.11. The fourth-order valence-corrected chi connectivity index (χ4v) is 1.23. The zero-order valence-corrected chi connectivity index (χ0v) is 8.40. The Morgan fingerprint density at radius 3 is 2.54 bits per heavy atom. The molecule has 2 unspecified atom stereocenters. The minimum Gasteiger partial charge on any atom is -0.393 e. The minimum atomic E-state index is -0.628. The van der Waals surface area contributed by atoms with E-state index in [4.69, 9.17) is 0 Å². The van der Waals surface area contributed by atoms with Crippen LogP contribution in [0.2, 0.25) is 0 Å². The molecule has 1 N–H and O–H groups in total. The molecule has 0 saturated carbocycles. The van der Waals surface area contributed by atoms with Crippen LogP contribution < -0.4 is 0 Å². The van der Waals surface area contributed by atoms with Gasteiger partial charge in [-0.3, -0.25) is 10.1 Å². The van der Waals surface area contributed by atoms with Crippen molar-refractivity contribution in [3.63, 3.8) is 0 Å². The second-order valence-corrected chi connectivity index (χ2v) is 3.52. The molecule has 4 nitrogen and oxygen atoms in total. The number of aliphatic hydroxyl groups is 1. The monoisotopic (exact) mass is 189 g/mol. The molecule has 0 aliphatic carbocycles. The van der Waals surface area contributed by atoms with Crippen molar-refractivity contribution in [2.24, 2.45) is 0 Å². The van der Waals surface area contributed by atoms with E-state index in [0.717, 1.165) is 19.3 Å². The average molecular weight is 189 g/mol. The van der Waals surface area contributed by atoms with Crippen molar-refractivity contribution in [1.82, 2.24) is 0 Å². The van der Waals surface area contributed by atoms with E-state index in [9.17, 15) is 15.2 Å². The van der Waals surface area contributed by atoms with Crippen molar-refractivity contribution < 1.29 is 10.0 Å². The molecule has 0 spiro atoms. The van der Waals surface area contributed by atoms with Crippen LogP contribution in [0.3, 0.4) is 0 Å². The summed E-state index contributed by atoms with van der Waals surface area (Å²) in [5.41, 5.74) is 0. The Morgan fingerprint density at radius 2 is 2.08 bits per heavy atom. The second-order valence-electron chi connectivity index (χ2n) is 3.52. The lowest BCUT2D eigenvalue weighted by Crippen LogP contribution is -2.22. The van der Waals surface area contributed by atoms with Crippen LogP contribution in [0, 0.1) is 10.1 Å². The lowest BCUT2D eigenvalue weighted by atomic mass is 10.0. The summed E-state index contributed by atoms with van der Waals surface area (Å²) in [4.78, 5) is 9.91. The minimum absolute atomic E-state index is 0.275. The number of rotatable bonds is 7. The zero-order valence-electron chi connectivity index (χ0n) is 8.40. The van der Waals surface area contributed by atoms with E-state index in [-0.39, 0.29) is 11.3 Å². The van der Waals surface area contributed by atoms with Crippen LogP contribution in [0.4, 0.5) is 0 Å². The van der Waals surface area contributed by atoms with Gasteiger partial charge in [0.2, 0.25) is 6.04 Å². The van der Waals surface area contributed by atoms with Gasteiger partial charge in [-0.05, 0) is 6.42 Å². The fourth-order valence-electron chi connectivity index (χ4n) is 1.23. The van der Waals surface area contributed by atoms with Crippen LogP contribution in [-0.4, -0.2) is 22.2 Å². The van der Waals surface area contributed by atoms with Gasteiger partial charge in [-0.25, -0.2) is 0 Å². The van der Waals surface area contributed by atoms with E-state index >= 15 is 0 Å². The summed E-state index contributed by atoms with van der Waals surface area (Å²) in [5, 5.41) is 19.6. The number of hydrogen-bond acceptors (Lipinski definition) is 3. The van der Waals surface area contributed by atoms with Crippen molar-refractivity contribution in [3.8, 4) is 0 Å². The first kappa shape index (κ1) is 12.4. The quantitative estimate of drug-likeness (QED) is 0.378. The zero-order chi connectivity index (χ0) is 10.3. The highest BCUT2D eigenvalue weighted by atomic mass is 16.6. The van der Waals surface area contributed by atoms with Crippen LogP contribution in [0.25, 0.3) is 0 Å². The molecule has 0 aromatic heterocycles. The van der Waals surface area contributed by atoms with Gasteiger partial charge in [-0.15, -0.1) is 0 Å². The molecule has 0 radical (unpaired) electrons. The van der Waals surface area contributed by atoms with E-state index in [1.54, 1.807) is 0 Å². The van der Waals surface area contributed by atoms with Gasteiger partial charge in [0, 0.05) is 18.3 Å². The number of unbranched alkanes of at least 4 members (excludes halogenated alkanes) is 2. The van der Waals surface area contributed by atoms with Gasteiger partial charge in [0.1, 0.15) is 0 Å². The molecule has 4 heteroatoms. The molecule has 13 heavy (non-hydrogen) atoms. The molecule has 0 aliphatic heterocycles. The van der Waals surface area contributed by atoms with Gasteiger partial charge in [-0.1, -0.05) is 26.2 Å². The average Bonchev–Trinajstić information content (AvgIpc) is 2.04. The van der Waals surface area contributed by atoms with Gasteiger partial charge in [-0.2, -0.15) is 0 Å². The van der Waals surface area contributed by atoms with Gasteiger partial charge in [0.25, 0.3) is 0 Å². The van der Waals surface area contributed by atoms with Crippen LogP contribution >= 0.6 is 0 Å². The van der Waals surface area contributed by atoms with E-state index in [1.165, 1.54) is 6.92 Å². The van der Waals surface area contributed by atoms with Crippen LogP contribution in [-0.2, 0) is 0 Å². The molecule has 2 atom stereocenters. The molecular formula is C9H19NO3. The van der Waals surface area contributed by atoms with Crippen LogP contribution in [0.5, 0.6) is 0 Å². The third-order valence-corrected chi connectivity index (χ3v) is 2.11. The Labute approximate surface area is 79.1 Å². The lowest BCUT2D eigenvalue weighted by molar-refractivity contribution is -0.520. The van der Waals surface area contributed by atoms with Crippen molar-refractivity contribution >= 4 is 0 Å². The molecule has 0 amide bonds. The van der Waals surface area contributed by atoms with Crippen molar-refractivity contribution in [2.75, 3.05) is 0 Å². The summed E-state index contributed by atoms with van der Waals surface area (Å²) in [5.74, 6) is 0. The van der Waals surface area contributed by atoms with E-state index in [2.05, 4.69) is 6.92 Å². The fraction of sp³-hybridized carbons (Fsp3) is 1.00. The molecule has 0 aliphatic rings. The summed E-state index contributed by atoms with van der Waals surface area (Å²) < 4.78 is 0. The number of aliphatic hydroxyl groups excluding tert-OH is 1. The number of nitro groups is 1. The predicted octanol–water partition coefficient (Wildman–Crippen LogP) is 1.98. The maximum absolute atomic E-state index is 10.3. The normalized spacial score (nSPS) is 15.3. The predicted molar refractivity (Wildman–Crippen MR) is 51.2 cm³/mol. The lowest BCUT2D eigenvalue weighted by Gasteiger charge is -2.10. The van der Waals surface area contributed by atoms with Gasteiger partial charge in [0.15, 0.2) is 0 Å². The van der Waals surface area contributed by atoms with Crippen LogP contribution in [0.1, 0.15) is 46.0 Å². The van der Waals surface area contributed by atoms with Gasteiger partial charge in [0.05, 0.1) is 6.10 Å². The molecule has 0 aromatic rings. The van der Waals surface area contributed by atoms with Gasteiger partial charge >= 0.3 is 0 Å².